The van der Waals surface area contributed by atoms with Crippen molar-refractivity contribution >= 4 is 23.3 Å². The second-order valence-electron chi connectivity index (χ2n) is 4.00. The fourth-order valence-electron chi connectivity index (χ4n) is 2.12. The number of carbonyl (C=O) groups is 2. The van der Waals surface area contributed by atoms with Crippen LogP contribution in [0.15, 0.2) is 28.7 Å². The predicted octanol–water partition coefficient (Wildman–Crippen LogP) is 2.00. The molecule has 1 aromatic heterocycles. The van der Waals surface area contributed by atoms with Crippen LogP contribution in [0, 0.1) is 6.92 Å². The maximum Gasteiger partial charge on any atom is 0.305 e. The van der Waals surface area contributed by atoms with E-state index in [0.717, 1.165) is 10.9 Å². The van der Waals surface area contributed by atoms with Crippen molar-refractivity contribution in [2.75, 3.05) is 0 Å². The van der Waals surface area contributed by atoms with E-state index in [1.165, 1.54) is 0 Å². The minimum atomic E-state index is -0.973. The molecule has 2 N–H and O–H groups in total. The van der Waals surface area contributed by atoms with Crippen LogP contribution in [0.2, 0.25) is 0 Å². The number of amides is 1. The van der Waals surface area contributed by atoms with Crippen molar-refractivity contribution in [3.05, 3.63) is 35.6 Å². The molecular formula is C13H13NO4. The standard InChI is InChI=1S/C13H13NO4/c1-8-13(10(14-7-15)6-12(16)17)9-4-2-3-5-11(9)18-8/h2-5,7,10H,6H2,1H3,(H,14,15)(H,16,17)/t10-/m0/s1. The molecule has 0 aliphatic rings. The quantitative estimate of drug-likeness (QED) is 0.792. The topological polar surface area (TPSA) is 79.5 Å². The van der Waals surface area contributed by atoms with Gasteiger partial charge >= 0.3 is 5.97 Å². The Morgan fingerprint density at radius 1 is 1.50 bits per heavy atom. The Morgan fingerprint density at radius 3 is 2.89 bits per heavy atom. The summed E-state index contributed by atoms with van der Waals surface area (Å²) in [5.41, 5.74) is 1.41. The van der Waals surface area contributed by atoms with Gasteiger partial charge in [-0.05, 0) is 13.0 Å². The van der Waals surface area contributed by atoms with Crippen molar-refractivity contribution in [3.8, 4) is 0 Å². The number of para-hydroxylation sites is 1. The molecule has 5 heteroatoms. The highest BCUT2D eigenvalue weighted by molar-refractivity contribution is 5.84. The molecule has 2 aromatic rings. The molecule has 94 valence electrons. The van der Waals surface area contributed by atoms with Crippen LogP contribution in [0.4, 0.5) is 0 Å². The zero-order valence-corrected chi connectivity index (χ0v) is 9.84. The average molecular weight is 247 g/mol. The van der Waals surface area contributed by atoms with Gasteiger partial charge in [-0.15, -0.1) is 0 Å². The summed E-state index contributed by atoms with van der Waals surface area (Å²) in [7, 11) is 0. The lowest BCUT2D eigenvalue weighted by molar-refractivity contribution is -0.137. The largest absolute Gasteiger partial charge is 0.481 e. The number of hydrogen-bond donors (Lipinski definition) is 2. The zero-order valence-electron chi connectivity index (χ0n) is 9.84. The van der Waals surface area contributed by atoms with Gasteiger partial charge in [0.05, 0.1) is 12.5 Å². The molecule has 0 aliphatic heterocycles. The van der Waals surface area contributed by atoms with Crippen LogP contribution < -0.4 is 5.32 Å². The van der Waals surface area contributed by atoms with Gasteiger partial charge in [-0.25, -0.2) is 0 Å². The molecule has 1 amide bonds. The van der Waals surface area contributed by atoms with Crippen LogP contribution in [0.25, 0.3) is 11.0 Å². The van der Waals surface area contributed by atoms with Crippen LogP contribution in [0.1, 0.15) is 23.8 Å². The van der Waals surface area contributed by atoms with E-state index in [4.69, 9.17) is 9.52 Å². The second kappa shape index (κ2) is 4.91. The van der Waals surface area contributed by atoms with E-state index in [2.05, 4.69) is 5.32 Å². The van der Waals surface area contributed by atoms with Crippen molar-refractivity contribution in [2.24, 2.45) is 0 Å². The molecule has 18 heavy (non-hydrogen) atoms. The highest BCUT2D eigenvalue weighted by Gasteiger charge is 2.22. The minimum absolute atomic E-state index is 0.177. The Kier molecular flexibility index (Phi) is 3.32. The van der Waals surface area contributed by atoms with E-state index in [-0.39, 0.29) is 6.42 Å². The van der Waals surface area contributed by atoms with Crippen molar-refractivity contribution in [2.45, 2.75) is 19.4 Å². The molecule has 0 fully saturated rings. The molecule has 5 nitrogen and oxygen atoms in total. The van der Waals surface area contributed by atoms with Crippen molar-refractivity contribution in [1.29, 1.82) is 0 Å². The SMILES string of the molecule is Cc1oc2ccccc2c1[C@H](CC(=O)O)NC=O. The van der Waals surface area contributed by atoms with Gasteiger partial charge in [-0.2, -0.15) is 0 Å². The Bertz CT molecular complexity index is 588. The van der Waals surface area contributed by atoms with E-state index in [0.29, 0.717) is 17.8 Å². The highest BCUT2D eigenvalue weighted by atomic mass is 16.4. The first-order chi connectivity index (χ1) is 8.63. The first-order valence-electron chi connectivity index (χ1n) is 5.53. The number of aryl methyl sites for hydroxylation is 1. The van der Waals surface area contributed by atoms with Gasteiger partial charge in [-0.3, -0.25) is 9.59 Å². The summed E-state index contributed by atoms with van der Waals surface area (Å²) in [5.74, 6) is -0.351. The number of nitrogens with one attached hydrogen (secondary N) is 1. The summed E-state index contributed by atoms with van der Waals surface area (Å²) < 4.78 is 5.56. The van der Waals surface area contributed by atoms with E-state index < -0.39 is 12.0 Å². The number of rotatable bonds is 5. The maximum atomic E-state index is 10.8. The molecule has 0 aliphatic carbocycles. The normalized spacial score (nSPS) is 12.3. The molecule has 0 unspecified atom stereocenters. The molecule has 0 bridgehead atoms. The van der Waals surface area contributed by atoms with Crippen LogP contribution >= 0.6 is 0 Å². The number of benzene rings is 1. The second-order valence-corrected chi connectivity index (χ2v) is 4.00. The lowest BCUT2D eigenvalue weighted by atomic mass is 10.0. The number of hydrogen-bond acceptors (Lipinski definition) is 3. The first-order valence-corrected chi connectivity index (χ1v) is 5.53. The molecule has 0 saturated heterocycles. The van der Waals surface area contributed by atoms with Crippen molar-refractivity contribution in [3.63, 3.8) is 0 Å². The van der Waals surface area contributed by atoms with Gasteiger partial charge in [0.25, 0.3) is 0 Å². The molecular weight excluding hydrogens is 234 g/mol. The zero-order chi connectivity index (χ0) is 13.1. The van der Waals surface area contributed by atoms with Crippen LogP contribution in [-0.2, 0) is 9.59 Å². The molecule has 0 spiro atoms. The van der Waals surface area contributed by atoms with Gasteiger partial charge in [0.2, 0.25) is 6.41 Å². The monoisotopic (exact) mass is 247 g/mol. The van der Waals surface area contributed by atoms with Crippen LogP contribution in [0.5, 0.6) is 0 Å². The van der Waals surface area contributed by atoms with E-state index in [9.17, 15) is 9.59 Å². The van der Waals surface area contributed by atoms with Gasteiger partial charge in [0.1, 0.15) is 11.3 Å². The summed E-state index contributed by atoms with van der Waals surface area (Å²) in [6.45, 7) is 1.76. The fraction of sp³-hybridized carbons (Fsp3) is 0.231. The minimum Gasteiger partial charge on any atom is -0.481 e. The fourth-order valence-corrected chi connectivity index (χ4v) is 2.12. The third-order valence-electron chi connectivity index (χ3n) is 2.82. The molecule has 1 heterocycles. The average Bonchev–Trinajstić information content (AvgIpc) is 2.63. The Labute approximate surface area is 103 Å². The summed E-state index contributed by atoms with van der Waals surface area (Å²) in [5, 5.41) is 12.2. The lowest BCUT2D eigenvalue weighted by Gasteiger charge is -2.13. The molecule has 1 aromatic carbocycles. The Hall–Kier alpha value is -2.30. The lowest BCUT2D eigenvalue weighted by Crippen LogP contribution is -2.22. The van der Waals surface area contributed by atoms with Gasteiger partial charge in [0.15, 0.2) is 0 Å². The third kappa shape index (κ3) is 2.20. The maximum absolute atomic E-state index is 10.8. The van der Waals surface area contributed by atoms with Crippen molar-refractivity contribution < 1.29 is 19.1 Å². The number of carboxylic acid groups (broad SMARTS) is 1. The summed E-state index contributed by atoms with van der Waals surface area (Å²) >= 11 is 0. The number of aliphatic carboxylic acids is 1. The van der Waals surface area contributed by atoms with Gasteiger partial charge < -0.3 is 14.8 Å². The Morgan fingerprint density at radius 2 is 2.22 bits per heavy atom. The molecule has 1 atom stereocenters. The van der Waals surface area contributed by atoms with Crippen LogP contribution in [0.3, 0.4) is 0 Å². The third-order valence-corrected chi connectivity index (χ3v) is 2.82. The molecule has 2 rings (SSSR count). The number of carbonyl (C=O) groups excluding carboxylic acids is 1. The highest BCUT2D eigenvalue weighted by Crippen LogP contribution is 2.31. The first kappa shape index (κ1) is 12.2. The van der Waals surface area contributed by atoms with E-state index >= 15 is 0 Å². The molecule has 0 radical (unpaired) electrons. The van der Waals surface area contributed by atoms with E-state index in [1.807, 2.05) is 24.3 Å². The molecule has 0 saturated carbocycles. The number of carboxylic acids is 1. The summed E-state index contributed by atoms with van der Waals surface area (Å²) in [6, 6.07) is 6.77. The predicted molar refractivity (Wildman–Crippen MR) is 65.1 cm³/mol. The van der Waals surface area contributed by atoms with Gasteiger partial charge in [0, 0.05) is 10.9 Å². The smallest absolute Gasteiger partial charge is 0.305 e. The van der Waals surface area contributed by atoms with E-state index in [1.54, 1.807) is 6.92 Å². The Balaban J connectivity index is 2.51. The van der Waals surface area contributed by atoms with Crippen LogP contribution in [-0.4, -0.2) is 17.5 Å². The number of furan rings is 1. The van der Waals surface area contributed by atoms with Crippen molar-refractivity contribution in [1.82, 2.24) is 5.32 Å². The number of fused-ring (bicyclic) bond motifs is 1. The summed E-state index contributed by atoms with van der Waals surface area (Å²) in [4.78, 5) is 21.4. The summed E-state index contributed by atoms with van der Waals surface area (Å²) in [6.07, 6.45) is 0.331. The van der Waals surface area contributed by atoms with Gasteiger partial charge in [-0.1, -0.05) is 18.2 Å².